The van der Waals surface area contributed by atoms with Gasteiger partial charge in [0.25, 0.3) is 0 Å². The number of hydrogen-bond donors (Lipinski definition) is 2. The molecule has 0 aromatic heterocycles. The Morgan fingerprint density at radius 1 is 1.22 bits per heavy atom. The van der Waals surface area contributed by atoms with Crippen molar-refractivity contribution in [2.45, 2.75) is 25.9 Å². The number of carboxylic acid groups (broad SMARTS) is 2. The minimum Gasteiger partial charge on any atom is -0.481 e. The third-order valence-corrected chi connectivity index (χ3v) is 5.79. The lowest BCUT2D eigenvalue weighted by atomic mass is 9.86. The van der Waals surface area contributed by atoms with E-state index in [2.05, 4.69) is 0 Å². The van der Waals surface area contributed by atoms with Crippen molar-refractivity contribution >= 4 is 22.0 Å². The Labute approximate surface area is 131 Å². The average molecular weight is 361 g/mol. The van der Waals surface area contributed by atoms with E-state index in [1.807, 2.05) is 0 Å². The molecule has 0 radical (unpaired) electrons. The smallest absolute Gasteiger partial charge is 0.389 e. The molecule has 3 unspecified atom stereocenters. The largest absolute Gasteiger partial charge is 0.481 e. The molecule has 1 heterocycles. The molecular formula is C12H18F3NO6S. The first-order chi connectivity index (χ1) is 10.3. The van der Waals surface area contributed by atoms with E-state index in [-0.39, 0.29) is 13.0 Å². The Balaban J connectivity index is 2.82. The summed E-state index contributed by atoms with van der Waals surface area (Å²) < 4.78 is 61.9. The summed E-state index contributed by atoms with van der Waals surface area (Å²) in [6.07, 6.45) is -5.95. The fourth-order valence-corrected chi connectivity index (χ4v) is 4.46. The lowest BCUT2D eigenvalue weighted by molar-refractivity contribution is -0.156. The van der Waals surface area contributed by atoms with Gasteiger partial charge in [0.15, 0.2) is 0 Å². The van der Waals surface area contributed by atoms with Crippen molar-refractivity contribution in [2.75, 3.05) is 18.8 Å². The number of halogens is 3. The van der Waals surface area contributed by atoms with E-state index in [0.29, 0.717) is 0 Å². The first kappa shape index (κ1) is 19.7. The van der Waals surface area contributed by atoms with Crippen molar-refractivity contribution in [2.24, 2.45) is 17.8 Å². The maximum Gasteiger partial charge on any atom is 0.389 e. The molecule has 1 aliphatic heterocycles. The van der Waals surface area contributed by atoms with Gasteiger partial charge < -0.3 is 10.2 Å². The average Bonchev–Trinajstić information content (AvgIpc) is 2.34. The second kappa shape index (κ2) is 7.04. The van der Waals surface area contributed by atoms with Crippen LogP contribution in [0, 0.1) is 17.8 Å². The van der Waals surface area contributed by atoms with Crippen molar-refractivity contribution in [1.82, 2.24) is 4.31 Å². The fourth-order valence-electron chi connectivity index (χ4n) is 2.64. The highest BCUT2D eigenvalue weighted by atomic mass is 32.2. The predicted molar refractivity (Wildman–Crippen MR) is 72.1 cm³/mol. The first-order valence-electron chi connectivity index (χ1n) is 6.83. The van der Waals surface area contributed by atoms with Crippen LogP contribution in [0.5, 0.6) is 0 Å². The van der Waals surface area contributed by atoms with Gasteiger partial charge >= 0.3 is 18.1 Å². The van der Waals surface area contributed by atoms with Crippen LogP contribution in [0.2, 0.25) is 0 Å². The summed E-state index contributed by atoms with van der Waals surface area (Å²) in [4.78, 5) is 22.1. The summed E-state index contributed by atoms with van der Waals surface area (Å²) in [7, 11) is -4.09. The van der Waals surface area contributed by atoms with E-state index in [0.717, 1.165) is 11.2 Å². The molecule has 1 fully saturated rings. The molecule has 134 valence electrons. The van der Waals surface area contributed by atoms with Gasteiger partial charge in [-0.1, -0.05) is 6.92 Å². The van der Waals surface area contributed by atoms with E-state index in [9.17, 15) is 31.2 Å². The second-order valence-corrected chi connectivity index (χ2v) is 7.75. The lowest BCUT2D eigenvalue weighted by Gasteiger charge is -2.34. The summed E-state index contributed by atoms with van der Waals surface area (Å²) in [5.41, 5.74) is 0. The zero-order chi connectivity index (χ0) is 18.0. The van der Waals surface area contributed by atoms with Crippen LogP contribution in [0.1, 0.15) is 19.8 Å². The van der Waals surface area contributed by atoms with Gasteiger partial charge in [-0.15, -0.1) is 0 Å². The fraction of sp³-hybridized carbons (Fsp3) is 0.833. The number of aliphatic carboxylic acids is 2. The number of carbonyl (C=O) groups is 2. The molecule has 7 nitrogen and oxygen atoms in total. The molecule has 1 aliphatic rings. The molecule has 0 aromatic rings. The van der Waals surface area contributed by atoms with Crippen molar-refractivity contribution in [3.63, 3.8) is 0 Å². The summed E-state index contributed by atoms with van der Waals surface area (Å²) >= 11 is 0. The summed E-state index contributed by atoms with van der Waals surface area (Å²) in [5, 5.41) is 18.0. The Morgan fingerprint density at radius 2 is 1.74 bits per heavy atom. The van der Waals surface area contributed by atoms with E-state index in [1.165, 1.54) is 0 Å². The molecule has 3 atom stereocenters. The molecule has 0 aromatic carbocycles. The molecule has 1 rings (SSSR count). The third-order valence-electron chi connectivity index (χ3n) is 3.68. The highest BCUT2D eigenvalue weighted by Gasteiger charge is 2.42. The Morgan fingerprint density at radius 3 is 2.17 bits per heavy atom. The number of sulfonamides is 1. The van der Waals surface area contributed by atoms with Gasteiger partial charge in [-0.25, -0.2) is 12.7 Å². The van der Waals surface area contributed by atoms with Crippen LogP contribution in [0.4, 0.5) is 13.2 Å². The number of alkyl halides is 3. The Kier molecular flexibility index (Phi) is 6.02. The van der Waals surface area contributed by atoms with Crippen LogP contribution in [0.25, 0.3) is 0 Å². The normalized spacial score (nSPS) is 25.0. The zero-order valence-electron chi connectivity index (χ0n) is 12.3. The van der Waals surface area contributed by atoms with Gasteiger partial charge in [-0.3, -0.25) is 9.59 Å². The highest BCUT2D eigenvalue weighted by Crippen LogP contribution is 2.29. The van der Waals surface area contributed by atoms with Crippen molar-refractivity contribution < 1.29 is 41.4 Å². The Hall–Kier alpha value is -1.36. The van der Waals surface area contributed by atoms with Crippen molar-refractivity contribution in [1.29, 1.82) is 0 Å². The van der Waals surface area contributed by atoms with Gasteiger partial charge in [0.05, 0.1) is 17.6 Å². The van der Waals surface area contributed by atoms with Crippen LogP contribution < -0.4 is 0 Å². The number of carboxylic acids is 2. The van der Waals surface area contributed by atoms with Gasteiger partial charge in [0, 0.05) is 19.5 Å². The quantitative estimate of drug-likeness (QED) is 0.730. The summed E-state index contributed by atoms with van der Waals surface area (Å²) in [6, 6.07) is 0. The maximum absolute atomic E-state index is 12.3. The van der Waals surface area contributed by atoms with Gasteiger partial charge in [0.1, 0.15) is 0 Å². The van der Waals surface area contributed by atoms with Crippen LogP contribution in [0.15, 0.2) is 0 Å². The predicted octanol–water partition coefficient (Wildman–Crippen LogP) is 1.01. The lowest BCUT2D eigenvalue weighted by Crippen LogP contribution is -2.49. The zero-order valence-corrected chi connectivity index (χ0v) is 13.1. The second-order valence-electron chi connectivity index (χ2n) is 5.74. The first-order valence-corrected chi connectivity index (χ1v) is 8.44. The maximum atomic E-state index is 12.3. The minimum atomic E-state index is -4.49. The summed E-state index contributed by atoms with van der Waals surface area (Å²) in [5.74, 6) is -7.36. The number of nitrogens with zero attached hydrogens (tertiary/aromatic N) is 1. The summed E-state index contributed by atoms with van der Waals surface area (Å²) in [6.45, 7) is 0.374. The molecule has 1 saturated heterocycles. The van der Waals surface area contributed by atoms with Gasteiger partial charge in [-0.2, -0.15) is 13.2 Å². The molecule has 2 N–H and O–H groups in total. The van der Waals surface area contributed by atoms with Crippen molar-refractivity contribution in [3.8, 4) is 0 Å². The van der Waals surface area contributed by atoms with Crippen LogP contribution in [-0.2, 0) is 19.6 Å². The molecule has 0 saturated carbocycles. The SMILES string of the molecule is CC(CC(F)(F)F)CS(=O)(=O)N1CCC(C(=O)O)C(C(=O)O)C1. The molecule has 0 aliphatic carbocycles. The third kappa shape index (κ3) is 5.65. The monoisotopic (exact) mass is 361 g/mol. The van der Waals surface area contributed by atoms with Gasteiger partial charge in [-0.05, 0) is 12.3 Å². The molecule has 0 bridgehead atoms. The molecule has 0 spiro atoms. The number of piperidine rings is 1. The highest BCUT2D eigenvalue weighted by molar-refractivity contribution is 7.89. The standard InChI is InChI=1S/C12H18F3NO6S/c1-7(4-12(13,14)15)6-23(21,22)16-3-2-8(10(17)18)9(5-16)11(19)20/h7-9H,2-6H2,1H3,(H,17,18)(H,19,20). The Bertz CT molecular complexity index is 562. The van der Waals surface area contributed by atoms with Gasteiger partial charge in [0.2, 0.25) is 10.0 Å². The topological polar surface area (TPSA) is 112 Å². The molecule has 11 heteroatoms. The van der Waals surface area contributed by atoms with E-state index >= 15 is 0 Å². The number of hydrogen-bond acceptors (Lipinski definition) is 4. The molecule has 23 heavy (non-hydrogen) atoms. The van der Waals surface area contributed by atoms with Crippen LogP contribution in [-0.4, -0.2) is 59.9 Å². The van der Waals surface area contributed by atoms with E-state index in [1.54, 1.807) is 0 Å². The minimum absolute atomic E-state index is 0.195. The van der Waals surface area contributed by atoms with Crippen molar-refractivity contribution in [3.05, 3.63) is 0 Å². The van der Waals surface area contributed by atoms with E-state index in [4.69, 9.17) is 10.2 Å². The van der Waals surface area contributed by atoms with E-state index < -0.39 is 64.6 Å². The molecule has 0 amide bonds. The number of rotatable bonds is 6. The van der Waals surface area contributed by atoms with Crippen LogP contribution >= 0.6 is 0 Å². The molecular weight excluding hydrogens is 343 g/mol. The van der Waals surface area contributed by atoms with Crippen LogP contribution in [0.3, 0.4) is 0 Å².